The summed E-state index contributed by atoms with van der Waals surface area (Å²) in [5.41, 5.74) is 2.34. The van der Waals surface area contributed by atoms with Crippen LogP contribution in [-0.4, -0.2) is 23.3 Å². The Morgan fingerprint density at radius 3 is 2.57 bits per heavy atom. The second kappa shape index (κ2) is 5.12. The van der Waals surface area contributed by atoms with Crippen LogP contribution >= 0.6 is 0 Å². The van der Waals surface area contributed by atoms with Crippen molar-refractivity contribution >= 4 is 12.3 Å². The SMILES string of the molecule is C=[N+](C)/C=C\C(=C/C)c1ccncc1. The summed E-state index contributed by atoms with van der Waals surface area (Å²) < 4.78 is 1.77. The number of allylic oxidation sites excluding steroid dienone is 3. The number of hydrogen-bond acceptors (Lipinski definition) is 1. The number of pyridine rings is 1. The number of aromatic nitrogens is 1. The highest BCUT2D eigenvalue weighted by molar-refractivity contribution is 5.73. The molecule has 72 valence electrons. The Balaban J connectivity index is 2.90. The van der Waals surface area contributed by atoms with Gasteiger partial charge in [0, 0.05) is 18.5 Å². The first kappa shape index (κ1) is 10.4. The van der Waals surface area contributed by atoms with Crippen molar-refractivity contribution < 1.29 is 4.58 Å². The molecule has 0 radical (unpaired) electrons. The Labute approximate surface area is 84.9 Å². The van der Waals surface area contributed by atoms with Crippen LogP contribution in [0.3, 0.4) is 0 Å². The van der Waals surface area contributed by atoms with Gasteiger partial charge < -0.3 is 0 Å². The second-order valence-corrected chi connectivity index (χ2v) is 3.05. The van der Waals surface area contributed by atoms with Crippen LogP contribution in [0.2, 0.25) is 0 Å². The Kier molecular flexibility index (Phi) is 3.80. The molecule has 1 aromatic rings. The molecule has 14 heavy (non-hydrogen) atoms. The fourth-order valence-corrected chi connectivity index (χ4v) is 1.11. The standard InChI is InChI=1S/C12H15N2/c1-4-11(7-10-14(2)3)12-5-8-13-9-6-12/h4-10H,2H2,1,3H3/q+1/b10-7-,11-4+. The highest BCUT2D eigenvalue weighted by Crippen LogP contribution is 2.13. The smallest absolute Gasteiger partial charge is 0.168 e. The largest absolute Gasteiger partial charge is 0.265 e. The molecule has 0 aliphatic heterocycles. The molecule has 1 heterocycles. The Morgan fingerprint density at radius 2 is 2.07 bits per heavy atom. The summed E-state index contributed by atoms with van der Waals surface area (Å²) in [4.78, 5) is 3.98. The maximum Gasteiger partial charge on any atom is 0.168 e. The van der Waals surface area contributed by atoms with E-state index >= 15 is 0 Å². The van der Waals surface area contributed by atoms with Crippen LogP contribution in [0.1, 0.15) is 12.5 Å². The summed E-state index contributed by atoms with van der Waals surface area (Å²) in [6.45, 7) is 5.76. The molecule has 0 spiro atoms. The van der Waals surface area contributed by atoms with Crippen molar-refractivity contribution in [1.82, 2.24) is 4.98 Å². The van der Waals surface area contributed by atoms with Crippen molar-refractivity contribution in [1.29, 1.82) is 0 Å². The molecule has 1 rings (SSSR count). The van der Waals surface area contributed by atoms with Gasteiger partial charge in [0.25, 0.3) is 0 Å². The van der Waals surface area contributed by atoms with Crippen LogP contribution in [0.4, 0.5) is 0 Å². The van der Waals surface area contributed by atoms with Gasteiger partial charge in [-0.3, -0.25) is 4.98 Å². The summed E-state index contributed by atoms with van der Waals surface area (Å²) in [5, 5.41) is 0. The zero-order valence-corrected chi connectivity index (χ0v) is 8.64. The van der Waals surface area contributed by atoms with E-state index in [2.05, 4.69) is 17.8 Å². The summed E-state index contributed by atoms with van der Waals surface area (Å²) in [6, 6.07) is 3.98. The van der Waals surface area contributed by atoms with Crippen LogP contribution in [-0.2, 0) is 0 Å². The molecule has 0 bridgehead atoms. The van der Waals surface area contributed by atoms with E-state index in [1.807, 2.05) is 38.4 Å². The van der Waals surface area contributed by atoms with Gasteiger partial charge in [0.1, 0.15) is 13.8 Å². The van der Waals surface area contributed by atoms with E-state index in [0.717, 1.165) is 0 Å². The molecule has 0 unspecified atom stereocenters. The number of rotatable bonds is 3. The molecule has 0 amide bonds. The van der Waals surface area contributed by atoms with Crippen molar-refractivity contribution in [2.45, 2.75) is 6.92 Å². The van der Waals surface area contributed by atoms with Gasteiger partial charge in [0.15, 0.2) is 6.20 Å². The molecule has 0 aliphatic carbocycles. The summed E-state index contributed by atoms with van der Waals surface area (Å²) in [6.07, 6.45) is 9.61. The average molecular weight is 187 g/mol. The van der Waals surface area contributed by atoms with Gasteiger partial charge in [-0.25, -0.2) is 4.58 Å². The molecule has 1 aromatic heterocycles. The third kappa shape index (κ3) is 2.98. The summed E-state index contributed by atoms with van der Waals surface area (Å²) in [7, 11) is 1.90. The van der Waals surface area contributed by atoms with Crippen LogP contribution < -0.4 is 0 Å². The van der Waals surface area contributed by atoms with Crippen LogP contribution in [0.25, 0.3) is 5.57 Å². The Bertz CT molecular complexity index is 361. The lowest BCUT2D eigenvalue weighted by molar-refractivity contribution is -0.411. The van der Waals surface area contributed by atoms with E-state index in [1.54, 1.807) is 17.0 Å². The molecule has 2 nitrogen and oxygen atoms in total. The van der Waals surface area contributed by atoms with E-state index in [9.17, 15) is 0 Å². The lowest BCUT2D eigenvalue weighted by Crippen LogP contribution is -1.89. The molecular formula is C12H15N2+. The van der Waals surface area contributed by atoms with Gasteiger partial charge in [-0.1, -0.05) is 6.08 Å². The van der Waals surface area contributed by atoms with Gasteiger partial charge >= 0.3 is 0 Å². The fraction of sp³-hybridized carbons (Fsp3) is 0.167. The molecule has 0 N–H and O–H groups in total. The molecule has 2 heteroatoms. The van der Waals surface area contributed by atoms with Crippen LogP contribution in [0.5, 0.6) is 0 Å². The molecule has 0 atom stereocenters. The van der Waals surface area contributed by atoms with Crippen molar-refractivity contribution in [3.63, 3.8) is 0 Å². The molecule has 0 fully saturated rings. The Morgan fingerprint density at radius 1 is 1.43 bits per heavy atom. The monoisotopic (exact) mass is 187 g/mol. The quantitative estimate of drug-likeness (QED) is 0.403. The van der Waals surface area contributed by atoms with E-state index in [4.69, 9.17) is 0 Å². The summed E-state index contributed by atoms with van der Waals surface area (Å²) in [5.74, 6) is 0. The van der Waals surface area contributed by atoms with Crippen molar-refractivity contribution in [3.8, 4) is 0 Å². The van der Waals surface area contributed by atoms with E-state index in [0.29, 0.717) is 0 Å². The lowest BCUT2D eigenvalue weighted by Gasteiger charge is -1.98. The minimum absolute atomic E-state index is 1.17. The normalized spacial score (nSPS) is 12.0. The lowest BCUT2D eigenvalue weighted by atomic mass is 10.1. The maximum absolute atomic E-state index is 3.98. The first-order chi connectivity index (χ1) is 6.74. The van der Waals surface area contributed by atoms with E-state index in [1.165, 1.54) is 11.1 Å². The first-order valence-corrected chi connectivity index (χ1v) is 4.52. The Hall–Kier alpha value is -1.70. The fourth-order valence-electron chi connectivity index (χ4n) is 1.11. The highest BCUT2D eigenvalue weighted by Gasteiger charge is 1.95. The van der Waals surface area contributed by atoms with Gasteiger partial charge in [-0.2, -0.15) is 0 Å². The van der Waals surface area contributed by atoms with Crippen molar-refractivity contribution in [3.05, 3.63) is 48.4 Å². The van der Waals surface area contributed by atoms with E-state index in [-0.39, 0.29) is 0 Å². The predicted molar refractivity (Wildman–Crippen MR) is 60.3 cm³/mol. The molecule has 0 saturated carbocycles. The molecule has 0 saturated heterocycles. The number of nitrogens with zero attached hydrogens (tertiary/aromatic N) is 2. The maximum atomic E-state index is 3.98. The zero-order valence-electron chi connectivity index (χ0n) is 8.64. The predicted octanol–water partition coefficient (Wildman–Crippen LogP) is 2.34. The molecule has 0 aliphatic rings. The van der Waals surface area contributed by atoms with Gasteiger partial charge in [-0.15, -0.1) is 0 Å². The van der Waals surface area contributed by atoms with Crippen molar-refractivity contribution in [2.75, 3.05) is 7.05 Å². The van der Waals surface area contributed by atoms with Crippen LogP contribution in [0, 0.1) is 0 Å². The van der Waals surface area contributed by atoms with Crippen LogP contribution in [0.15, 0.2) is 42.9 Å². The minimum Gasteiger partial charge on any atom is -0.265 e. The van der Waals surface area contributed by atoms with Gasteiger partial charge in [0.05, 0.1) is 0 Å². The second-order valence-electron chi connectivity index (χ2n) is 3.05. The minimum atomic E-state index is 1.17. The first-order valence-electron chi connectivity index (χ1n) is 4.52. The third-order valence-electron chi connectivity index (χ3n) is 1.83. The highest BCUT2D eigenvalue weighted by atomic mass is 14.9. The molecule has 0 aromatic carbocycles. The van der Waals surface area contributed by atoms with Gasteiger partial charge in [-0.05, 0) is 30.2 Å². The van der Waals surface area contributed by atoms with Crippen molar-refractivity contribution in [2.24, 2.45) is 0 Å². The summed E-state index contributed by atoms with van der Waals surface area (Å²) >= 11 is 0. The van der Waals surface area contributed by atoms with Gasteiger partial charge in [0.2, 0.25) is 0 Å². The zero-order chi connectivity index (χ0) is 10.4. The average Bonchev–Trinajstić information content (AvgIpc) is 2.20. The number of hydrogen-bond donors (Lipinski definition) is 0. The third-order valence-corrected chi connectivity index (χ3v) is 1.83. The molecular weight excluding hydrogens is 172 g/mol. The topological polar surface area (TPSA) is 15.9 Å². The van der Waals surface area contributed by atoms with E-state index < -0.39 is 0 Å².